The number of hydrogen-bond donors (Lipinski definition) is 1. The molecule has 0 spiro atoms. The predicted molar refractivity (Wildman–Crippen MR) is 79.0 cm³/mol. The zero-order valence-corrected chi connectivity index (χ0v) is 11.4. The highest BCUT2D eigenvalue weighted by molar-refractivity contribution is 5.46. The van der Waals surface area contributed by atoms with E-state index in [9.17, 15) is 0 Å². The molecule has 2 aromatic carbocycles. The zero-order chi connectivity index (χ0) is 13.7. The second-order valence-corrected chi connectivity index (χ2v) is 4.82. The largest absolute Gasteiger partial charge is 0.381 e. The number of anilines is 1. The molecule has 2 aromatic rings. The Hall–Kier alpha value is -2.27. The molecule has 2 nitrogen and oxygen atoms in total. The lowest BCUT2D eigenvalue weighted by atomic mass is 10.1. The van der Waals surface area contributed by atoms with Crippen molar-refractivity contribution in [1.82, 2.24) is 0 Å². The quantitative estimate of drug-likeness (QED) is 0.890. The number of nitriles is 1. The minimum Gasteiger partial charge on any atom is -0.381 e. The summed E-state index contributed by atoms with van der Waals surface area (Å²) in [5.74, 6) is 0. The predicted octanol–water partition coefficient (Wildman–Crippen LogP) is 3.98. The maximum Gasteiger partial charge on any atom is 0.0669 e. The molecule has 0 aromatic heterocycles. The highest BCUT2D eigenvalue weighted by Crippen LogP contribution is 2.14. The summed E-state index contributed by atoms with van der Waals surface area (Å²) in [5.41, 5.74) is 6.06. The van der Waals surface area contributed by atoms with Crippen LogP contribution in [0.2, 0.25) is 0 Å². The molecule has 0 heterocycles. The molecule has 0 aliphatic carbocycles. The van der Waals surface area contributed by atoms with E-state index in [1.165, 1.54) is 16.7 Å². The highest BCUT2D eigenvalue weighted by Gasteiger charge is 1.99. The van der Waals surface area contributed by atoms with E-state index in [0.717, 1.165) is 17.8 Å². The van der Waals surface area contributed by atoms with E-state index in [1.807, 2.05) is 24.3 Å². The fraction of sp³-hybridized carbons (Fsp3) is 0.235. The van der Waals surface area contributed by atoms with Gasteiger partial charge in [0.25, 0.3) is 0 Å². The Morgan fingerprint density at radius 3 is 2.42 bits per heavy atom. The molecule has 0 unspecified atom stereocenters. The molecule has 2 heteroatoms. The smallest absolute Gasteiger partial charge is 0.0669 e. The van der Waals surface area contributed by atoms with Crippen LogP contribution in [0.3, 0.4) is 0 Å². The fourth-order valence-corrected chi connectivity index (χ4v) is 2.07. The minimum atomic E-state index is 0.470. The van der Waals surface area contributed by atoms with Gasteiger partial charge in [-0.2, -0.15) is 5.26 Å². The minimum absolute atomic E-state index is 0.470. The van der Waals surface area contributed by atoms with Crippen molar-refractivity contribution in [3.8, 4) is 6.07 Å². The van der Waals surface area contributed by atoms with Gasteiger partial charge in [-0.15, -0.1) is 0 Å². The van der Waals surface area contributed by atoms with Crippen molar-refractivity contribution < 1.29 is 0 Å². The van der Waals surface area contributed by atoms with Gasteiger partial charge in [0.15, 0.2) is 0 Å². The second kappa shape index (κ2) is 6.06. The molecule has 0 saturated heterocycles. The monoisotopic (exact) mass is 250 g/mol. The van der Waals surface area contributed by atoms with Gasteiger partial charge in [-0.25, -0.2) is 0 Å². The van der Waals surface area contributed by atoms with Gasteiger partial charge >= 0.3 is 0 Å². The van der Waals surface area contributed by atoms with Gasteiger partial charge in [0, 0.05) is 12.2 Å². The Balaban J connectivity index is 2.00. The summed E-state index contributed by atoms with van der Waals surface area (Å²) in [5, 5.41) is 12.0. The van der Waals surface area contributed by atoms with E-state index in [0.29, 0.717) is 6.42 Å². The first-order chi connectivity index (χ1) is 9.19. The average Bonchev–Trinajstić information content (AvgIpc) is 2.40. The Bertz CT molecular complexity index is 592. The number of rotatable bonds is 4. The van der Waals surface area contributed by atoms with Crippen LogP contribution < -0.4 is 5.32 Å². The van der Waals surface area contributed by atoms with E-state index < -0.39 is 0 Å². The molecule has 0 radical (unpaired) electrons. The number of benzene rings is 2. The fourth-order valence-electron chi connectivity index (χ4n) is 2.07. The standard InChI is InChI=1S/C17H18N2/c1-13-3-6-16(14(2)11-13)12-19-17-7-4-15(5-8-17)9-10-18/h3-8,11,19H,9,12H2,1-2H3. The lowest BCUT2D eigenvalue weighted by Crippen LogP contribution is -2.01. The van der Waals surface area contributed by atoms with E-state index >= 15 is 0 Å². The Morgan fingerprint density at radius 2 is 1.79 bits per heavy atom. The normalized spacial score (nSPS) is 9.95. The number of nitrogens with one attached hydrogen (secondary N) is 1. The number of hydrogen-bond acceptors (Lipinski definition) is 2. The van der Waals surface area contributed by atoms with Gasteiger partial charge in [-0.3, -0.25) is 0 Å². The molecule has 0 amide bonds. The average molecular weight is 250 g/mol. The summed E-state index contributed by atoms with van der Waals surface area (Å²) in [4.78, 5) is 0. The van der Waals surface area contributed by atoms with Crippen molar-refractivity contribution in [2.75, 3.05) is 5.32 Å². The number of aryl methyl sites for hydroxylation is 2. The summed E-state index contributed by atoms with van der Waals surface area (Å²) in [6, 6.07) is 16.7. The zero-order valence-electron chi connectivity index (χ0n) is 11.4. The van der Waals surface area contributed by atoms with E-state index in [4.69, 9.17) is 5.26 Å². The topological polar surface area (TPSA) is 35.8 Å². The third-order valence-electron chi connectivity index (χ3n) is 3.22. The van der Waals surface area contributed by atoms with Crippen LogP contribution in [0.1, 0.15) is 22.3 Å². The van der Waals surface area contributed by atoms with Crippen LogP contribution in [-0.2, 0) is 13.0 Å². The van der Waals surface area contributed by atoms with Gasteiger partial charge in [-0.05, 0) is 42.7 Å². The summed E-state index contributed by atoms with van der Waals surface area (Å²) in [7, 11) is 0. The van der Waals surface area contributed by atoms with Crippen LogP contribution >= 0.6 is 0 Å². The van der Waals surface area contributed by atoms with Gasteiger partial charge < -0.3 is 5.32 Å². The van der Waals surface area contributed by atoms with Crippen LogP contribution in [0.4, 0.5) is 5.69 Å². The third kappa shape index (κ3) is 3.59. The van der Waals surface area contributed by atoms with Gasteiger partial charge in [0.2, 0.25) is 0 Å². The summed E-state index contributed by atoms with van der Waals surface area (Å²) in [6.45, 7) is 5.07. The lowest BCUT2D eigenvalue weighted by Gasteiger charge is -2.10. The van der Waals surface area contributed by atoms with Crippen molar-refractivity contribution in [3.63, 3.8) is 0 Å². The molecule has 0 saturated carbocycles. The Kier molecular flexibility index (Phi) is 4.20. The van der Waals surface area contributed by atoms with Crippen molar-refractivity contribution in [1.29, 1.82) is 5.26 Å². The Labute approximate surface area is 114 Å². The molecule has 2 rings (SSSR count). The molecule has 0 fully saturated rings. The van der Waals surface area contributed by atoms with Crippen molar-refractivity contribution in [2.45, 2.75) is 26.8 Å². The molecule has 0 bridgehead atoms. The van der Waals surface area contributed by atoms with Crippen LogP contribution in [0.25, 0.3) is 0 Å². The van der Waals surface area contributed by atoms with Gasteiger partial charge in [-0.1, -0.05) is 35.9 Å². The molecule has 19 heavy (non-hydrogen) atoms. The van der Waals surface area contributed by atoms with Crippen LogP contribution in [0.15, 0.2) is 42.5 Å². The van der Waals surface area contributed by atoms with Crippen molar-refractivity contribution in [3.05, 3.63) is 64.7 Å². The van der Waals surface area contributed by atoms with Crippen LogP contribution in [0, 0.1) is 25.2 Å². The third-order valence-corrected chi connectivity index (χ3v) is 3.22. The van der Waals surface area contributed by atoms with Crippen molar-refractivity contribution >= 4 is 5.69 Å². The SMILES string of the molecule is Cc1ccc(CNc2ccc(CC#N)cc2)c(C)c1. The molecule has 0 atom stereocenters. The molecule has 0 aliphatic heterocycles. The van der Waals surface area contributed by atoms with E-state index in [-0.39, 0.29) is 0 Å². The first kappa shape index (κ1) is 13.2. The first-order valence-electron chi connectivity index (χ1n) is 6.45. The molecule has 1 N–H and O–H groups in total. The van der Waals surface area contributed by atoms with Crippen LogP contribution in [0.5, 0.6) is 0 Å². The van der Waals surface area contributed by atoms with Crippen LogP contribution in [-0.4, -0.2) is 0 Å². The first-order valence-corrected chi connectivity index (χ1v) is 6.45. The summed E-state index contributed by atoms with van der Waals surface area (Å²) in [6.07, 6.45) is 0.470. The molecule has 0 aliphatic rings. The van der Waals surface area contributed by atoms with E-state index in [2.05, 4.69) is 43.4 Å². The summed E-state index contributed by atoms with van der Waals surface area (Å²) < 4.78 is 0. The highest BCUT2D eigenvalue weighted by atomic mass is 14.9. The molecular weight excluding hydrogens is 232 g/mol. The lowest BCUT2D eigenvalue weighted by molar-refractivity contribution is 1.11. The van der Waals surface area contributed by atoms with Gasteiger partial charge in [0.05, 0.1) is 12.5 Å². The molecular formula is C17H18N2. The summed E-state index contributed by atoms with van der Waals surface area (Å²) >= 11 is 0. The Morgan fingerprint density at radius 1 is 1.05 bits per heavy atom. The van der Waals surface area contributed by atoms with E-state index in [1.54, 1.807) is 0 Å². The molecule has 96 valence electrons. The maximum absolute atomic E-state index is 8.63. The maximum atomic E-state index is 8.63. The number of nitrogens with zero attached hydrogens (tertiary/aromatic N) is 1. The van der Waals surface area contributed by atoms with Gasteiger partial charge in [0.1, 0.15) is 0 Å². The van der Waals surface area contributed by atoms with Crippen molar-refractivity contribution in [2.24, 2.45) is 0 Å². The second-order valence-electron chi connectivity index (χ2n) is 4.82.